The molecule has 0 fully saturated rings. The minimum Gasteiger partial charge on any atom is -0.375 e. The maximum absolute atomic E-state index is 13.8. The van der Waals surface area contributed by atoms with Gasteiger partial charge in [0.25, 0.3) is 0 Å². The van der Waals surface area contributed by atoms with Crippen LogP contribution in [0.4, 0.5) is 10.1 Å². The second-order valence-corrected chi connectivity index (χ2v) is 5.20. The first-order valence-electron chi connectivity index (χ1n) is 6.95. The topological polar surface area (TPSA) is 12.0 Å². The van der Waals surface area contributed by atoms with Gasteiger partial charge in [0.05, 0.1) is 16.8 Å². The molecule has 0 radical (unpaired) electrons. The van der Waals surface area contributed by atoms with Gasteiger partial charge in [-0.2, -0.15) is 0 Å². The number of nitrogens with one attached hydrogen (secondary N) is 1. The molecular weight excluding hydrogens is 273 g/mol. The molecule has 1 atom stereocenters. The molecule has 106 valence electrons. The van der Waals surface area contributed by atoms with E-state index in [-0.39, 0.29) is 11.9 Å². The summed E-state index contributed by atoms with van der Waals surface area (Å²) in [5, 5.41) is 3.62. The fourth-order valence-electron chi connectivity index (χ4n) is 2.22. The Hall–Kier alpha value is -1.54. The maximum Gasteiger partial charge on any atom is 0.147 e. The summed E-state index contributed by atoms with van der Waals surface area (Å²) < 4.78 is 13.8. The van der Waals surface area contributed by atoms with Gasteiger partial charge >= 0.3 is 0 Å². The highest BCUT2D eigenvalue weighted by atomic mass is 35.5. The number of halogens is 2. The van der Waals surface area contributed by atoms with Gasteiger partial charge in [0.15, 0.2) is 0 Å². The quantitative estimate of drug-likeness (QED) is 0.755. The highest BCUT2D eigenvalue weighted by Crippen LogP contribution is 2.30. The average Bonchev–Trinajstić information content (AvgIpc) is 2.47. The molecule has 1 N–H and O–H groups in total. The van der Waals surface area contributed by atoms with Crippen LogP contribution in [0.3, 0.4) is 0 Å². The number of aryl methyl sites for hydroxylation is 1. The molecule has 0 aliphatic rings. The van der Waals surface area contributed by atoms with E-state index in [0.29, 0.717) is 10.7 Å². The van der Waals surface area contributed by atoms with Crippen LogP contribution in [0.2, 0.25) is 5.02 Å². The molecule has 0 heterocycles. The molecule has 1 unspecified atom stereocenters. The summed E-state index contributed by atoms with van der Waals surface area (Å²) in [6.45, 7) is 4.20. The van der Waals surface area contributed by atoms with E-state index in [1.165, 1.54) is 11.6 Å². The standard InChI is InChI=1S/C17H19ClFN/c1-3-12-8-10-13(11-9-12)16(4-2)20-17-14(18)6-5-7-15(17)19/h5-11,16,20H,3-4H2,1-2H3. The first-order chi connectivity index (χ1) is 9.65. The monoisotopic (exact) mass is 291 g/mol. The zero-order chi connectivity index (χ0) is 14.5. The van der Waals surface area contributed by atoms with Crippen molar-refractivity contribution in [3.63, 3.8) is 0 Å². The van der Waals surface area contributed by atoms with E-state index in [9.17, 15) is 4.39 Å². The van der Waals surface area contributed by atoms with Crippen molar-refractivity contribution >= 4 is 17.3 Å². The SMILES string of the molecule is CCc1ccc(C(CC)Nc2c(F)cccc2Cl)cc1. The van der Waals surface area contributed by atoms with Crippen molar-refractivity contribution in [2.24, 2.45) is 0 Å². The molecule has 0 bridgehead atoms. The minimum absolute atomic E-state index is 0.0512. The first-order valence-corrected chi connectivity index (χ1v) is 7.32. The molecule has 1 nitrogen and oxygen atoms in total. The highest BCUT2D eigenvalue weighted by Gasteiger charge is 2.13. The van der Waals surface area contributed by atoms with Gasteiger partial charge in [-0.1, -0.05) is 55.8 Å². The average molecular weight is 292 g/mol. The number of hydrogen-bond donors (Lipinski definition) is 1. The molecule has 0 aromatic heterocycles. The molecule has 0 saturated carbocycles. The summed E-state index contributed by atoms with van der Waals surface area (Å²) in [7, 11) is 0. The van der Waals surface area contributed by atoms with Crippen LogP contribution in [-0.2, 0) is 6.42 Å². The Bertz CT molecular complexity index is 545. The van der Waals surface area contributed by atoms with E-state index in [1.54, 1.807) is 12.1 Å². The number of hydrogen-bond acceptors (Lipinski definition) is 1. The van der Waals surface area contributed by atoms with Crippen LogP contribution in [0.25, 0.3) is 0 Å². The molecule has 0 saturated heterocycles. The molecule has 20 heavy (non-hydrogen) atoms. The number of para-hydroxylation sites is 1. The van der Waals surface area contributed by atoms with E-state index in [1.807, 2.05) is 0 Å². The molecule has 2 rings (SSSR count). The van der Waals surface area contributed by atoms with Crippen molar-refractivity contribution in [3.05, 3.63) is 64.4 Å². The lowest BCUT2D eigenvalue weighted by Crippen LogP contribution is -2.11. The van der Waals surface area contributed by atoms with Crippen molar-refractivity contribution in [2.75, 3.05) is 5.32 Å². The molecule has 2 aromatic rings. The van der Waals surface area contributed by atoms with Gasteiger partial charge in [0.2, 0.25) is 0 Å². The van der Waals surface area contributed by atoms with Crippen molar-refractivity contribution in [1.29, 1.82) is 0 Å². The third-order valence-electron chi connectivity index (χ3n) is 3.48. The fourth-order valence-corrected chi connectivity index (χ4v) is 2.43. The Kier molecular flexibility index (Phi) is 5.02. The van der Waals surface area contributed by atoms with Gasteiger partial charge in [0.1, 0.15) is 5.82 Å². The summed E-state index contributed by atoms with van der Waals surface area (Å²) in [5.74, 6) is -0.318. The Labute approximate surface area is 124 Å². The van der Waals surface area contributed by atoms with Crippen LogP contribution < -0.4 is 5.32 Å². The first kappa shape index (κ1) is 14.9. The van der Waals surface area contributed by atoms with Crippen molar-refractivity contribution in [2.45, 2.75) is 32.7 Å². The van der Waals surface area contributed by atoms with E-state index in [4.69, 9.17) is 11.6 Å². The predicted octanol–water partition coefficient (Wildman–Crippen LogP) is 5.60. The van der Waals surface area contributed by atoms with Crippen molar-refractivity contribution in [1.82, 2.24) is 0 Å². The molecule has 2 aromatic carbocycles. The van der Waals surface area contributed by atoms with Crippen LogP contribution in [0.1, 0.15) is 37.4 Å². The Morgan fingerprint density at radius 3 is 2.35 bits per heavy atom. The zero-order valence-electron chi connectivity index (χ0n) is 11.8. The minimum atomic E-state index is -0.318. The van der Waals surface area contributed by atoms with Crippen LogP contribution >= 0.6 is 11.6 Å². The third-order valence-corrected chi connectivity index (χ3v) is 3.79. The summed E-state index contributed by atoms with van der Waals surface area (Å²) in [5.41, 5.74) is 2.82. The molecule has 0 aliphatic heterocycles. The maximum atomic E-state index is 13.8. The molecule has 0 aliphatic carbocycles. The van der Waals surface area contributed by atoms with Crippen LogP contribution in [-0.4, -0.2) is 0 Å². The Morgan fingerprint density at radius 2 is 1.80 bits per heavy atom. The highest BCUT2D eigenvalue weighted by molar-refractivity contribution is 6.33. The summed E-state index contributed by atoms with van der Waals surface area (Å²) in [4.78, 5) is 0. The smallest absolute Gasteiger partial charge is 0.147 e. The summed E-state index contributed by atoms with van der Waals surface area (Å²) in [6, 6.07) is 13.2. The van der Waals surface area contributed by atoms with Gasteiger partial charge in [-0.25, -0.2) is 4.39 Å². The van der Waals surface area contributed by atoms with Crippen LogP contribution in [0, 0.1) is 5.82 Å². The van der Waals surface area contributed by atoms with Crippen LogP contribution in [0.15, 0.2) is 42.5 Å². The largest absolute Gasteiger partial charge is 0.375 e. The van der Waals surface area contributed by atoms with Gasteiger partial charge in [0, 0.05) is 0 Å². The van der Waals surface area contributed by atoms with Crippen molar-refractivity contribution < 1.29 is 4.39 Å². The lowest BCUT2D eigenvalue weighted by molar-refractivity contribution is 0.624. The molecular formula is C17H19ClFN. The van der Waals surface area contributed by atoms with Gasteiger partial charge < -0.3 is 5.32 Å². The van der Waals surface area contributed by atoms with E-state index in [2.05, 4.69) is 43.4 Å². The lowest BCUT2D eigenvalue weighted by Gasteiger charge is -2.20. The van der Waals surface area contributed by atoms with Gasteiger partial charge in [-0.15, -0.1) is 0 Å². The van der Waals surface area contributed by atoms with Gasteiger partial charge in [-0.3, -0.25) is 0 Å². The second kappa shape index (κ2) is 6.76. The molecule has 0 amide bonds. The lowest BCUT2D eigenvalue weighted by atomic mass is 10.0. The van der Waals surface area contributed by atoms with E-state index < -0.39 is 0 Å². The third kappa shape index (κ3) is 3.31. The van der Waals surface area contributed by atoms with E-state index >= 15 is 0 Å². The molecule has 3 heteroatoms. The fraction of sp³-hybridized carbons (Fsp3) is 0.294. The van der Waals surface area contributed by atoms with Gasteiger partial charge in [-0.05, 0) is 36.1 Å². The Balaban J connectivity index is 2.24. The number of anilines is 1. The van der Waals surface area contributed by atoms with E-state index in [0.717, 1.165) is 18.4 Å². The Morgan fingerprint density at radius 1 is 1.10 bits per heavy atom. The number of rotatable bonds is 5. The summed E-state index contributed by atoms with van der Waals surface area (Å²) in [6.07, 6.45) is 1.87. The second-order valence-electron chi connectivity index (χ2n) is 4.80. The summed E-state index contributed by atoms with van der Waals surface area (Å²) >= 11 is 6.06. The number of benzene rings is 2. The zero-order valence-corrected chi connectivity index (χ0v) is 12.5. The van der Waals surface area contributed by atoms with Crippen molar-refractivity contribution in [3.8, 4) is 0 Å². The molecule has 0 spiro atoms. The normalized spacial score (nSPS) is 12.2. The van der Waals surface area contributed by atoms with Crippen LogP contribution in [0.5, 0.6) is 0 Å². The predicted molar refractivity (Wildman–Crippen MR) is 83.9 cm³/mol.